The maximum atomic E-state index is 11.5. The van der Waals surface area contributed by atoms with Gasteiger partial charge in [-0.15, -0.1) is 0 Å². The Balaban J connectivity index is 1.64. The molecule has 1 saturated carbocycles. The van der Waals surface area contributed by atoms with E-state index in [4.69, 9.17) is 11.6 Å². The molecule has 0 atom stereocenters. The summed E-state index contributed by atoms with van der Waals surface area (Å²) >= 11 is 6.31. The minimum Gasteiger partial charge on any atom is -0.493 e. The standard InChI is InChI=1S/C20H19ClN8O2/c1-28(10-11-4-2-3-5-14(11)21)18-25-16-12(8-15-17(30)26-20(31)24-15)9-22-29(16)19(27-18)23-13-6-7-13/h2-5,8-9,13,30H,6-7,10H2,1H3,(H2,24,26,31)/b12-8+,23-19?. The monoisotopic (exact) mass is 438 g/mol. The highest BCUT2D eigenvalue weighted by atomic mass is 35.5. The Bertz CT molecular complexity index is 1450. The van der Waals surface area contributed by atoms with Crippen molar-refractivity contribution in [2.45, 2.75) is 25.4 Å². The van der Waals surface area contributed by atoms with Crippen molar-refractivity contribution >= 4 is 29.3 Å². The van der Waals surface area contributed by atoms with Crippen LogP contribution in [0.3, 0.4) is 0 Å². The second-order valence-electron chi connectivity index (χ2n) is 7.45. The summed E-state index contributed by atoms with van der Waals surface area (Å²) in [6.07, 6.45) is 5.24. The first kappa shape index (κ1) is 19.3. The SMILES string of the molecule is CN(Cc1ccccc1Cl)c1nc(=NC2CC2)n2nc/c(=C\c3[nH]c(=O)[nH]c3O)c2n1. The topological polar surface area (TPSA) is 128 Å². The van der Waals surface area contributed by atoms with Crippen molar-refractivity contribution < 1.29 is 5.11 Å². The van der Waals surface area contributed by atoms with Crippen LogP contribution in [-0.4, -0.2) is 47.7 Å². The summed E-state index contributed by atoms with van der Waals surface area (Å²) in [6, 6.07) is 7.85. The molecule has 3 N–H and O–H groups in total. The third kappa shape index (κ3) is 3.89. The highest BCUT2D eigenvalue weighted by molar-refractivity contribution is 6.31. The van der Waals surface area contributed by atoms with Crippen molar-refractivity contribution in [2.75, 3.05) is 11.9 Å². The van der Waals surface area contributed by atoms with Crippen LogP contribution < -0.4 is 21.4 Å². The highest BCUT2D eigenvalue weighted by Gasteiger charge is 2.21. The van der Waals surface area contributed by atoms with Gasteiger partial charge in [0.2, 0.25) is 11.8 Å². The van der Waals surface area contributed by atoms with Gasteiger partial charge in [-0.25, -0.2) is 9.79 Å². The molecule has 4 aromatic rings. The number of aromatic nitrogens is 6. The maximum Gasteiger partial charge on any atom is 0.326 e. The lowest BCUT2D eigenvalue weighted by Crippen LogP contribution is -2.28. The van der Waals surface area contributed by atoms with E-state index in [1.54, 1.807) is 16.8 Å². The molecule has 0 aliphatic heterocycles. The summed E-state index contributed by atoms with van der Waals surface area (Å²) in [5.41, 5.74) is 1.66. The van der Waals surface area contributed by atoms with E-state index >= 15 is 0 Å². The fourth-order valence-corrected chi connectivity index (χ4v) is 3.39. The van der Waals surface area contributed by atoms with Crippen LogP contribution in [0.1, 0.15) is 24.1 Å². The number of hydrogen-bond donors (Lipinski definition) is 3. The predicted molar refractivity (Wildman–Crippen MR) is 115 cm³/mol. The normalized spacial score (nSPS) is 15.2. The lowest BCUT2D eigenvalue weighted by molar-refractivity contribution is 0.454. The molecule has 1 aliphatic rings. The summed E-state index contributed by atoms with van der Waals surface area (Å²) < 4.78 is 1.57. The Morgan fingerprint density at radius 2 is 2.13 bits per heavy atom. The van der Waals surface area contributed by atoms with Crippen LogP contribution in [0.15, 0.2) is 40.2 Å². The van der Waals surface area contributed by atoms with Crippen LogP contribution in [0.25, 0.3) is 11.7 Å². The van der Waals surface area contributed by atoms with Gasteiger partial charge in [-0.1, -0.05) is 29.8 Å². The molecule has 0 bridgehead atoms. The number of aromatic hydroxyl groups is 1. The average Bonchev–Trinajstić information content (AvgIpc) is 3.38. The second kappa shape index (κ2) is 7.55. The van der Waals surface area contributed by atoms with Gasteiger partial charge in [0.25, 0.3) is 5.62 Å². The second-order valence-corrected chi connectivity index (χ2v) is 7.86. The molecule has 0 saturated heterocycles. The van der Waals surface area contributed by atoms with E-state index < -0.39 is 5.69 Å². The van der Waals surface area contributed by atoms with Crippen molar-refractivity contribution in [3.63, 3.8) is 0 Å². The molecule has 3 aromatic heterocycles. The number of fused-ring (bicyclic) bond motifs is 1. The van der Waals surface area contributed by atoms with Gasteiger partial charge in [-0.3, -0.25) is 4.98 Å². The maximum absolute atomic E-state index is 11.5. The van der Waals surface area contributed by atoms with Gasteiger partial charge < -0.3 is 15.0 Å². The Morgan fingerprint density at radius 1 is 1.32 bits per heavy atom. The number of nitrogens with one attached hydrogen (secondary N) is 2. The minimum absolute atomic E-state index is 0.238. The third-order valence-corrected chi connectivity index (χ3v) is 5.32. The van der Waals surface area contributed by atoms with Crippen molar-refractivity contribution in [1.82, 2.24) is 29.5 Å². The largest absolute Gasteiger partial charge is 0.493 e. The molecule has 0 spiro atoms. The fraction of sp³-hybridized carbons (Fsp3) is 0.250. The van der Waals surface area contributed by atoms with Gasteiger partial charge in [0.15, 0.2) is 5.65 Å². The van der Waals surface area contributed by atoms with Crippen molar-refractivity contribution in [3.05, 3.63) is 68.1 Å². The highest BCUT2D eigenvalue weighted by Crippen LogP contribution is 2.22. The Labute approximate surface area is 180 Å². The molecular weight excluding hydrogens is 420 g/mol. The molecule has 31 heavy (non-hydrogen) atoms. The molecule has 11 heteroatoms. The fourth-order valence-electron chi connectivity index (χ4n) is 3.19. The molecule has 3 heterocycles. The molecule has 10 nitrogen and oxygen atoms in total. The quantitative estimate of drug-likeness (QED) is 0.422. The van der Waals surface area contributed by atoms with Crippen molar-refractivity contribution in [3.8, 4) is 5.88 Å². The lowest BCUT2D eigenvalue weighted by Gasteiger charge is -2.17. The summed E-state index contributed by atoms with van der Waals surface area (Å²) in [7, 11) is 1.88. The molecule has 0 radical (unpaired) electrons. The number of benzene rings is 1. The van der Waals surface area contributed by atoms with Crippen LogP contribution >= 0.6 is 11.6 Å². The van der Waals surface area contributed by atoms with Gasteiger partial charge in [-0.2, -0.15) is 19.6 Å². The van der Waals surface area contributed by atoms with E-state index in [0.29, 0.717) is 34.0 Å². The van der Waals surface area contributed by atoms with Crippen LogP contribution in [0, 0.1) is 0 Å². The molecule has 158 valence electrons. The van der Waals surface area contributed by atoms with E-state index in [9.17, 15) is 9.90 Å². The van der Waals surface area contributed by atoms with Crippen molar-refractivity contribution in [2.24, 2.45) is 4.99 Å². The molecule has 1 fully saturated rings. The first-order valence-corrected chi connectivity index (χ1v) is 10.1. The molecule has 0 unspecified atom stereocenters. The molecular formula is C20H19ClN8O2. The third-order valence-electron chi connectivity index (χ3n) is 4.95. The van der Waals surface area contributed by atoms with E-state index in [-0.39, 0.29) is 17.6 Å². The van der Waals surface area contributed by atoms with Crippen LogP contribution in [0.2, 0.25) is 5.02 Å². The molecule has 1 aliphatic carbocycles. The smallest absolute Gasteiger partial charge is 0.326 e. The zero-order chi connectivity index (χ0) is 21.5. The zero-order valence-electron chi connectivity index (χ0n) is 16.6. The summed E-state index contributed by atoms with van der Waals surface area (Å²) in [4.78, 5) is 32.2. The summed E-state index contributed by atoms with van der Waals surface area (Å²) in [5.74, 6) is 0.214. The number of halogens is 1. The first-order chi connectivity index (χ1) is 15.0. The van der Waals surface area contributed by atoms with Gasteiger partial charge in [0.1, 0.15) is 5.69 Å². The van der Waals surface area contributed by atoms with E-state index in [1.807, 2.05) is 36.2 Å². The predicted octanol–water partition coefficient (Wildman–Crippen LogP) is 0.747. The number of anilines is 1. The summed E-state index contributed by atoms with van der Waals surface area (Å²) in [6.45, 7) is 0.512. The number of rotatable bonds is 5. The Kier molecular flexibility index (Phi) is 4.70. The molecule has 1 aromatic carbocycles. The van der Waals surface area contributed by atoms with Gasteiger partial charge in [0.05, 0.1) is 12.2 Å². The average molecular weight is 439 g/mol. The number of imidazole rings is 1. The molecule has 0 amide bonds. The number of aromatic amines is 2. The van der Waals surface area contributed by atoms with Gasteiger partial charge in [0, 0.05) is 23.8 Å². The van der Waals surface area contributed by atoms with E-state index in [1.165, 1.54) is 0 Å². The number of nitrogens with zero attached hydrogens (tertiary/aromatic N) is 6. The zero-order valence-corrected chi connectivity index (χ0v) is 17.3. The number of hydrogen-bond acceptors (Lipinski definition) is 7. The van der Waals surface area contributed by atoms with E-state index in [2.05, 4.69) is 30.0 Å². The summed E-state index contributed by atoms with van der Waals surface area (Å²) in [5, 5.41) is 15.5. The minimum atomic E-state index is -0.501. The van der Waals surface area contributed by atoms with E-state index in [0.717, 1.165) is 18.4 Å². The van der Waals surface area contributed by atoms with Crippen molar-refractivity contribution in [1.29, 1.82) is 0 Å². The van der Waals surface area contributed by atoms with Crippen LogP contribution in [0.5, 0.6) is 5.88 Å². The molecule has 5 rings (SSSR count). The van der Waals surface area contributed by atoms with Crippen LogP contribution in [0.4, 0.5) is 5.95 Å². The Morgan fingerprint density at radius 3 is 2.84 bits per heavy atom. The Hall–Kier alpha value is -3.66. The first-order valence-electron chi connectivity index (χ1n) is 9.75. The lowest BCUT2D eigenvalue weighted by atomic mass is 10.2. The van der Waals surface area contributed by atoms with Gasteiger partial charge in [-0.05, 0) is 30.5 Å². The van der Waals surface area contributed by atoms with Gasteiger partial charge >= 0.3 is 5.69 Å². The van der Waals surface area contributed by atoms with Crippen LogP contribution in [-0.2, 0) is 6.54 Å². The number of H-pyrrole nitrogens is 2.